The highest BCUT2D eigenvalue weighted by Crippen LogP contribution is 2.28. The molecule has 1 amide bonds. The third-order valence-electron chi connectivity index (χ3n) is 4.66. The van der Waals surface area contributed by atoms with E-state index in [0.29, 0.717) is 12.3 Å². The fourth-order valence-electron chi connectivity index (χ4n) is 2.28. The standard InChI is InChI=1S/C16H29N3O/c1-13(15(2,3)4)11-14(20)18-7-9-19(10-8-18)16(5,6)12-17/h13H,7-11H2,1-6H3. The molecule has 0 N–H and O–H groups in total. The van der Waals surface area contributed by atoms with Gasteiger partial charge in [0.25, 0.3) is 0 Å². The third kappa shape index (κ3) is 4.21. The van der Waals surface area contributed by atoms with Crippen LogP contribution < -0.4 is 0 Å². The van der Waals surface area contributed by atoms with Crippen LogP contribution in [0.4, 0.5) is 0 Å². The van der Waals surface area contributed by atoms with Crippen LogP contribution in [-0.4, -0.2) is 47.4 Å². The molecule has 0 saturated carbocycles. The van der Waals surface area contributed by atoms with Crippen molar-refractivity contribution in [1.29, 1.82) is 5.26 Å². The minimum Gasteiger partial charge on any atom is -0.340 e. The van der Waals surface area contributed by atoms with Crippen molar-refractivity contribution in [1.82, 2.24) is 9.80 Å². The van der Waals surface area contributed by atoms with Crippen LogP contribution in [0.2, 0.25) is 0 Å². The average Bonchev–Trinajstić information content (AvgIpc) is 2.37. The molecule has 1 fully saturated rings. The first kappa shape index (κ1) is 17.0. The summed E-state index contributed by atoms with van der Waals surface area (Å²) in [4.78, 5) is 16.4. The first-order chi connectivity index (χ1) is 9.08. The molecule has 1 unspecified atom stereocenters. The van der Waals surface area contributed by atoms with Crippen LogP contribution in [0.1, 0.15) is 48.0 Å². The summed E-state index contributed by atoms with van der Waals surface area (Å²) in [5.74, 6) is 0.630. The predicted molar refractivity (Wildman–Crippen MR) is 81.1 cm³/mol. The Hall–Kier alpha value is -1.08. The van der Waals surface area contributed by atoms with Crippen LogP contribution in [0.5, 0.6) is 0 Å². The molecule has 0 aromatic heterocycles. The Morgan fingerprint density at radius 2 is 1.65 bits per heavy atom. The van der Waals surface area contributed by atoms with E-state index in [9.17, 15) is 4.79 Å². The van der Waals surface area contributed by atoms with Crippen molar-refractivity contribution in [3.63, 3.8) is 0 Å². The molecule has 4 nitrogen and oxygen atoms in total. The lowest BCUT2D eigenvalue weighted by molar-refractivity contribution is -0.135. The number of hydrogen-bond donors (Lipinski definition) is 0. The second-order valence-electron chi connectivity index (χ2n) is 7.51. The van der Waals surface area contributed by atoms with Crippen LogP contribution in [0.25, 0.3) is 0 Å². The van der Waals surface area contributed by atoms with Crippen molar-refractivity contribution in [2.24, 2.45) is 11.3 Å². The highest BCUT2D eigenvalue weighted by Gasteiger charge is 2.32. The van der Waals surface area contributed by atoms with Crippen LogP contribution in [0.3, 0.4) is 0 Å². The first-order valence-corrected chi connectivity index (χ1v) is 7.52. The smallest absolute Gasteiger partial charge is 0.222 e. The molecule has 1 atom stereocenters. The van der Waals surface area contributed by atoms with Gasteiger partial charge in [-0.1, -0.05) is 27.7 Å². The number of hydrogen-bond acceptors (Lipinski definition) is 3. The quantitative estimate of drug-likeness (QED) is 0.797. The zero-order valence-corrected chi connectivity index (χ0v) is 13.9. The predicted octanol–water partition coefficient (Wildman–Crippen LogP) is 2.51. The SMILES string of the molecule is CC(CC(=O)N1CCN(C(C)(C)C#N)CC1)C(C)(C)C. The maximum absolute atomic E-state index is 12.3. The topological polar surface area (TPSA) is 47.3 Å². The van der Waals surface area contributed by atoms with E-state index in [2.05, 4.69) is 38.7 Å². The van der Waals surface area contributed by atoms with Gasteiger partial charge in [-0.3, -0.25) is 9.69 Å². The molecule has 0 spiro atoms. The van der Waals surface area contributed by atoms with E-state index in [0.717, 1.165) is 26.2 Å². The van der Waals surface area contributed by atoms with Gasteiger partial charge in [-0.05, 0) is 25.2 Å². The van der Waals surface area contributed by atoms with Gasteiger partial charge in [0.15, 0.2) is 0 Å². The first-order valence-electron chi connectivity index (χ1n) is 7.52. The summed E-state index contributed by atoms with van der Waals surface area (Å²) in [5.41, 5.74) is -0.270. The number of nitriles is 1. The van der Waals surface area contributed by atoms with Gasteiger partial charge in [-0.15, -0.1) is 0 Å². The molecule has 114 valence electrons. The highest BCUT2D eigenvalue weighted by molar-refractivity contribution is 5.76. The lowest BCUT2D eigenvalue weighted by Crippen LogP contribution is -2.55. The molecule has 1 aliphatic rings. The summed E-state index contributed by atoms with van der Waals surface area (Å²) in [6.07, 6.45) is 0.616. The number of amides is 1. The van der Waals surface area contributed by atoms with E-state index < -0.39 is 5.54 Å². The molecule has 1 saturated heterocycles. The zero-order chi connectivity index (χ0) is 15.6. The molecule has 1 heterocycles. The molecule has 4 heteroatoms. The summed E-state index contributed by atoms with van der Waals surface area (Å²) in [7, 11) is 0. The number of piperazine rings is 1. The Kier molecular flexibility index (Phi) is 5.21. The zero-order valence-electron chi connectivity index (χ0n) is 13.9. The summed E-state index contributed by atoms with van der Waals surface area (Å²) in [6.45, 7) is 15.6. The molecular weight excluding hydrogens is 250 g/mol. The minimum absolute atomic E-state index is 0.167. The summed E-state index contributed by atoms with van der Waals surface area (Å²) < 4.78 is 0. The van der Waals surface area contributed by atoms with Crippen molar-refractivity contribution in [3.05, 3.63) is 0 Å². The molecular formula is C16H29N3O. The third-order valence-corrected chi connectivity index (χ3v) is 4.66. The number of nitrogens with zero attached hydrogens (tertiary/aromatic N) is 3. The van der Waals surface area contributed by atoms with E-state index in [1.165, 1.54) is 0 Å². The lowest BCUT2D eigenvalue weighted by Gasteiger charge is -2.41. The molecule has 0 bridgehead atoms. The van der Waals surface area contributed by atoms with E-state index in [-0.39, 0.29) is 11.3 Å². The molecule has 1 rings (SSSR count). The minimum atomic E-state index is -0.437. The van der Waals surface area contributed by atoms with Gasteiger partial charge in [0, 0.05) is 32.6 Å². The number of rotatable bonds is 3. The average molecular weight is 279 g/mol. The molecule has 1 aliphatic heterocycles. The normalized spacial score (nSPS) is 19.6. The Labute approximate surface area is 123 Å². The van der Waals surface area contributed by atoms with E-state index >= 15 is 0 Å². The van der Waals surface area contributed by atoms with Crippen LogP contribution in [0.15, 0.2) is 0 Å². The molecule has 20 heavy (non-hydrogen) atoms. The maximum atomic E-state index is 12.3. The Bertz CT molecular complexity index is 382. The fraction of sp³-hybridized carbons (Fsp3) is 0.875. The summed E-state index contributed by atoms with van der Waals surface area (Å²) in [6, 6.07) is 2.33. The van der Waals surface area contributed by atoms with Gasteiger partial charge in [0.1, 0.15) is 5.54 Å². The van der Waals surface area contributed by atoms with Gasteiger partial charge in [-0.25, -0.2) is 0 Å². The summed E-state index contributed by atoms with van der Waals surface area (Å²) in [5, 5.41) is 9.16. The molecule has 0 aromatic carbocycles. The van der Waals surface area contributed by atoms with Crippen molar-refractivity contribution in [3.8, 4) is 6.07 Å². The van der Waals surface area contributed by atoms with E-state index in [1.807, 2.05) is 18.7 Å². The van der Waals surface area contributed by atoms with Crippen LogP contribution in [0, 0.1) is 22.7 Å². The Balaban J connectivity index is 2.50. The molecule has 0 aromatic rings. The van der Waals surface area contributed by atoms with Gasteiger partial charge in [-0.2, -0.15) is 5.26 Å². The van der Waals surface area contributed by atoms with Gasteiger partial charge >= 0.3 is 0 Å². The fourth-order valence-corrected chi connectivity index (χ4v) is 2.28. The lowest BCUT2D eigenvalue weighted by atomic mass is 9.80. The van der Waals surface area contributed by atoms with Gasteiger partial charge < -0.3 is 4.90 Å². The Morgan fingerprint density at radius 1 is 1.15 bits per heavy atom. The molecule has 0 radical (unpaired) electrons. The van der Waals surface area contributed by atoms with E-state index in [1.54, 1.807) is 0 Å². The molecule has 0 aliphatic carbocycles. The van der Waals surface area contributed by atoms with Gasteiger partial charge in [0.2, 0.25) is 5.91 Å². The maximum Gasteiger partial charge on any atom is 0.222 e. The van der Waals surface area contributed by atoms with Crippen molar-refractivity contribution < 1.29 is 4.79 Å². The summed E-state index contributed by atoms with van der Waals surface area (Å²) >= 11 is 0. The number of carbonyl (C=O) groups is 1. The Morgan fingerprint density at radius 3 is 2.05 bits per heavy atom. The van der Waals surface area contributed by atoms with Crippen molar-refractivity contribution in [2.75, 3.05) is 26.2 Å². The second-order valence-corrected chi connectivity index (χ2v) is 7.51. The largest absolute Gasteiger partial charge is 0.340 e. The highest BCUT2D eigenvalue weighted by atomic mass is 16.2. The van der Waals surface area contributed by atoms with Crippen molar-refractivity contribution >= 4 is 5.91 Å². The van der Waals surface area contributed by atoms with Crippen LogP contribution >= 0.6 is 0 Å². The number of carbonyl (C=O) groups excluding carboxylic acids is 1. The monoisotopic (exact) mass is 279 g/mol. The van der Waals surface area contributed by atoms with Crippen LogP contribution in [-0.2, 0) is 4.79 Å². The van der Waals surface area contributed by atoms with Crippen molar-refractivity contribution in [2.45, 2.75) is 53.5 Å². The van der Waals surface area contributed by atoms with E-state index in [4.69, 9.17) is 5.26 Å². The van der Waals surface area contributed by atoms with Gasteiger partial charge in [0.05, 0.1) is 6.07 Å². The second kappa shape index (κ2) is 6.13.